The predicted molar refractivity (Wildman–Crippen MR) is 67.4 cm³/mol. The second-order valence-electron chi connectivity index (χ2n) is 3.75. The Hall–Kier alpha value is -1.49. The lowest BCUT2D eigenvalue weighted by molar-refractivity contribution is 0.632. The average Bonchev–Trinajstić information content (AvgIpc) is 2.35. The largest absolute Gasteiger partial charge is 0.271 e. The van der Waals surface area contributed by atoms with Gasteiger partial charge in [-0.15, -0.1) is 0 Å². The van der Waals surface area contributed by atoms with Crippen molar-refractivity contribution in [3.05, 3.63) is 58.6 Å². The summed E-state index contributed by atoms with van der Waals surface area (Å²) >= 11 is 5.75. The van der Waals surface area contributed by atoms with Crippen molar-refractivity contribution in [3.8, 4) is 0 Å². The van der Waals surface area contributed by atoms with Gasteiger partial charge in [-0.25, -0.2) is 10.4 Å². The van der Waals surface area contributed by atoms with Crippen LogP contribution in [0.2, 0.25) is 5.15 Å². The molecular weight excluding hydrogens is 236 g/mol. The fourth-order valence-electron chi connectivity index (χ4n) is 1.59. The molecule has 0 saturated heterocycles. The summed E-state index contributed by atoms with van der Waals surface area (Å²) in [5.41, 5.74) is 5.66. The molecule has 1 unspecified atom stereocenters. The third-order valence-corrected chi connectivity index (χ3v) is 2.74. The van der Waals surface area contributed by atoms with Crippen LogP contribution in [0.15, 0.2) is 36.7 Å². The Balaban J connectivity index is 2.33. The fraction of sp³-hybridized carbons (Fsp3) is 0.167. The standard InChI is InChI=1S/C12H13ClN4/c1-8-2-3-9(6-15-8)12(17-14)10-4-5-11(13)16-7-10/h2-7,12,17H,14H2,1H3. The second kappa shape index (κ2) is 5.23. The molecule has 1 atom stereocenters. The molecule has 0 aromatic carbocycles. The minimum atomic E-state index is -0.132. The molecule has 0 bridgehead atoms. The third kappa shape index (κ3) is 2.79. The Bertz CT molecular complexity index is 435. The van der Waals surface area contributed by atoms with Crippen LogP contribution in [0.3, 0.4) is 0 Å². The van der Waals surface area contributed by atoms with Crippen molar-refractivity contribution in [2.24, 2.45) is 5.84 Å². The molecule has 0 aliphatic heterocycles. The lowest BCUT2D eigenvalue weighted by atomic mass is 10.0. The molecule has 2 aromatic heterocycles. The van der Waals surface area contributed by atoms with E-state index in [1.807, 2.05) is 25.1 Å². The number of rotatable bonds is 3. The van der Waals surface area contributed by atoms with Crippen LogP contribution >= 0.6 is 11.6 Å². The molecule has 0 spiro atoms. The molecule has 0 aliphatic carbocycles. The van der Waals surface area contributed by atoms with Gasteiger partial charge in [-0.3, -0.25) is 10.8 Å². The Kier molecular flexibility index (Phi) is 3.68. The molecule has 0 amide bonds. The first-order chi connectivity index (χ1) is 8.20. The van der Waals surface area contributed by atoms with Crippen LogP contribution in [-0.2, 0) is 0 Å². The van der Waals surface area contributed by atoms with Crippen LogP contribution in [0.25, 0.3) is 0 Å². The number of hydrogen-bond donors (Lipinski definition) is 2. The topological polar surface area (TPSA) is 63.8 Å². The van der Waals surface area contributed by atoms with Gasteiger partial charge in [0.2, 0.25) is 0 Å². The SMILES string of the molecule is Cc1ccc(C(NN)c2ccc(Cl)nc2)cn1. The van der Waals surface area contributed by atoms with E-state index in [2.05, 4.69) is 15.4 Å². The summed E-state index contributed by atoms with van der Waals surface area (Å²) in [6, 6.07) is 7.43. The van der Waals surface area contributed by atoms with Crippen LogP contribution in [0.5, 0.6) is 0 Å². The van der Waals surface area contributed by atoms with Gasteiger partial charge in [0, 0.05) is 18.1 Å². The molecule has 2 rings (SSSR count). The number of pyridine rings is 2. The van der Waals surface area contributed by atoms with Crippen molar-refractivity contribution in [2.45, 2.75) is 13.0 Å². The number of hydrogen-bond acceptors (Lipinski definition) is 4. The predicted octanol–water partition coefficient (Wildman–Crippen LogP) is 1.99. The molecule has 0 radical (unpaired) electrons. The zero-order chi connectivity index (χ0) is 12.3. The molecule has 5 heteroatoms. The highest BCUT2D eigenvalue weighted by Crippen LogP contribution is 2.20. The van der Waals surface area contributed by atoms with E-state index in [0.29, 0.717) is 5.15 Å². The smallest absolute Gasteiger partial charge is 0.129 e. The van der Waals surface area contributed by atoms with Gasteiger partial charge in [-0.05, 0) is 30.2 Å². The van der Waals surface area contributed by atoms with E-state index in [4.69, 9.17) is 17.4 Å². The summed E-state index contributed by atoms with van der Waals surface area (Å²) in [6.07, 6.45) is 3.50. The number of aromatic nitrogens is 2. The van der Waals surface area contributed by atoms with Crippen molar-refractivity contribution >= 4 is 11.6 Å². The van der Waals surface area contributed by atoms with Crippen molar-refractivity contribution in [1.29, 1.82) is 0 Å². The summed E-state index contributed by atoms with van der Waals surface area (Å²) in [5.74, 6) is 5.57. The average molecular weight is 249 g/mol. The second-order valence-corrected chi connectivity index (χ2v) is 4.13. The van der Waals surface area contributed by atoms with E-state index in [9.17, 15) is 0 Å². The lowest BCUT2D eigenvalue weighted by Crippen LogP contribution is -2.29. The highest BCUT2D eigenvalue weighted by molar-refractivity contribution is 6.29. The van der Waals surface area contributed by atoms with Crippen LogP contribution in [0, 0.1) is 6.92 Å². The molecule has 3 N–H and O–H groups in total. The normalized spacial score (nSPS) is 12.4. The van der Waals surface area contributed by atoms with E-state index < -0.39 is 0 Å². The zero-order valence-electron chi connectivity index (χ0n) is 9.39. The number of nitrogens with zero attached hydrogens (tertiary/aromatic N) is 2. The van der Waals surface area contributed by atoms with E-state index in [1.54, 1.807) is 18.5 Å². The maximum absolute atomic E-state index is 5.75. The Morgan fingerprint density at radius 1 is 1.12 bits per heavy atom. The highest BCUT2D eigenvalue weighted by atomic mass is 35.5. The minimum absolute atomic E-state index is 0.132. The van der Waals surface area contributed by atoms with E-state index in [-0.39, 0.29) is 6.04 Å². The number of nitrogens with two attached hydrogens (primary N) is 1. The van der Waals surface area contributed by atoms with Gasteiger partial charge in [0.15, 0.2) is 0 Å². The summed E-state index contributed by atoms with van der Waals surface area (Å²) in [4.78, 5) is 8.29. The van der Waals surface area contributed by atoms with Gasteiger partial charge in [0.05, 0.1) is 6.04 Å². The molecule has 4 nitrogen and oxygen atoms in total. The number of hydrazine groups is 1. The van der Waals surface area contributed by atoms with E-state index >= 15 is 0 Å². The maximum Gasteiger partial charge on any atom is 0.129 e. The number of aryl methyl sites for hydroxylation is 1. The molecule has 2 aromatic rings. The molecule has 17 heavy (non-hydrogen) atoms. The van der Waals surface area contributed by atoms with Crippen molar-refractivity contribution in [2.75, 3.05) is 0 Å². The number of halogens is 1. The molecule has 0 aliphatic rings. The highest BCUT2D eigenvalue weighted by Gasteiger charge is 2.12. The first-order valence-corrected chi connectivity index (χ1v) is 5.58. The summed E-state index contributed by atoms with van der Waals surface area (Å²) in [7, 11) is 0. The molecule has 0 saturated carbocycles. The van der Waals surface area contributed by atoms with Crippen LogP contribution in [0.4, 0.5) is 0 Å². The Labute approximate surface area is 105 Å². The molecular formula is C12H13ClN4. The monoisotopic (exact) mass is 248 g/mol. The first-order valence-electron chi connectivity index (χ1n) is 5.21. The van der Waals surface area contributed by atoms with Crippen LogP contribution in [-0.4, -0.2) is 9.97 Å². The van der Waals surface area contributed by atoms with Gasteiger partial charge in [0.1, 0.15) is 5.15 Å². The van der Waals surface area contributed by atoms with Gasteiger partial charge in [-0.2, -0.15) is 0 Å². The van der Waals surface area contributed by atoms with Crippen LogP contribution in [0.1, 0.15) is 22.9 Å². The lowest BCUT2D eigenvalue weighted by Gasteiger charge is -2.16. The quantitative estimate of drug-likeness (QED) is 0.495. The zero-order valence-corrected chi connectivity index (χ0v) is 10.1. The Morgan fingerprint density at radius 3 is 2.24 bits per heavy atom. The molecule has 88 valence electrons. The molecule has 0 fully saturated rings. The van der Waals surface area contributed by atoms with Gasteiger partial charge >= 0.3 is 0 Å². The number of nitrogens with one attached hydrogen (secondary N) is 1. The fourth-order valence-corrected chi connectivity index (χ4v) is 1.70. The summed E-state index contributed by atoms with van der Waals surface area (Å²) in [5, 5.41) is 0.464. The van der Waals surface area contributed by atoms with Gasteiger partial charge in [0.25, 0.3) is 0 Å². The van der Waals surface area contributed by atoms with Gasteiger partial charge in [-0.1, -0.05) is 23.7 Å². The first kappa shape index (κ1) is 12.0. The van der Waals surface area contributed by atoms with Crippen molar-refractivity contribution in [1.82, 2.24) is 15.4 Å². The van der Waals surface area contributed by atoms with E-state index in [0.717, 1.165) is 16.8 Å². The van der Waals surface area contributed by atoms with Crippen LogP contribution < -0.4 is 11.3 Å². The van der Waals surface area contributed by atoms with Crippen molar-refractivity contribution < 1.29 is 0 Å². The summed E-state index contributed by atoms with van der Waals surface area (Å²) in [6.45, 7) is 1.94. The third-order valence-electron chi connectivity index (χ3n) is 2.52. The Morgan fingerprint density at radius 2 is 1.76 bits per heavy atom. The summed E-state index contributed by atoms with van der Waals surface area (Å²) < 4.78 is 0. The van der Waals surface area contributed by atoms with E-state index in [1.165, 1.54) is 0 Å². The van der Waals surface area contributed by atoms with Gasteiger partial charge < -0.3 is 0 Å². The van der Waals surface area contributed by atoms with Crippen molar-refractivity contribution in [3.63, 3.8) is 0 Å². The minimum Gasteiger partial charge on any atom is -0.271 e. The molecule has 2 heterocycles. The maximum atomic E-state index is 5.75.